The lowest BCUT2D eigenvalue weighted by molar-refractivity contribution is -0.104. The molecule has 0 amide bonds. The quantitative estimate of drug-likeness (QED) is 0.385. The molecule has 76 valence electrons. The maximum Gasteiger partial charge on any atom is 0.225 e. The monoisotopic (exact) mass is 323 g/mol. The molecule has 0 unspecified atom stereocenters. The number of hydrogen-bond acceptors (Lipinski definition) is 3. The molecule has 0 aromatic heterocycles. The fraction of sp³-hybridized carbons (Fsp3) is 0. The minimum absolute atomic E-state index is 0. The highest BCUT2D eigenvalue weighted by Crippen LogP contribution is 2.29. The summed E-state index contributed by atoms with van der Waals surface area (Å²) in [5.74, 6) is -0.568. The van der Waals surface area contributed by atoms with Gasteiger partial charge in [0.2, 0.25) is 5.78 Å². The lowest BCUT2D eigenvalue weighted by atomic mass is 10.1. The minimum atomic E-state index is -0.568. The highest BCUT2D eigenvalue weighted by molar-refractivity contribution is 9.11. The molecule has 14 heavy (non-hydrogen) atoms. The van der Waals surface area contributed by atoms with Crippen LogP contribution in [0, 0.1) is 0 Å². The van der Waals surface area contributed by atoms with Crippen LogP contribution >= 0.6 is 31.9 Å². The Kier molecular flexibility index (Phi) is 4.96. The molecule has 4 nitrogen and oxygen atoms in total. The summed E-state index contributed by atoms with van der Waals surface area (Å²) in [6, 6.07) is 3.02. The smallest absolute Gasteiger partial charge is 0.225 e. The number of halogens is 2. The van der Waals surface area contributed by atoms with Gasteiger partial charge in [0, 0.05) is 14.5 Å². The Balaban J connectivity index is 0.00000169. The standard InChI is InChI=1S/C8H5Br2NO2.H2O/c9-5-1-4(7(13)3-12)2-6(10)8(5)11;/h1-3H,11H2;1H2. The van der Waals surface area contributed by atoms with E-state index in [0.29, 0.717) is 20.2 Å². The van der Waals surface area contributed by atoms with Gasteiger partial charge in [0.1, 0.15) is 0 Å². The van der Waals surface area contributed by atoms with Crippen molar-refractivity contribution in [3.8, 4) is 0 Å². The number of carbonyl (C=O) groups excluding carboxylic acids is 2. The molecule has 1 aromatic rings. The average molecular weight is 325 g/mol. The van der Waals surface area contributed by atoms with Gasteiger partial charge in [0.25, 0.3) is 0 Å². The number of nitrogens with two attached hydrogens (primary N) is 1. The number of benzene rings is 1. The van der Waals surface area contributed by atoms with E-state index in [-0.39, 0.29) is 11.8 Å². The molecule has 0 spiro atoms. The molecule has 0 saturated heterocycles. The molecule has 0 aliphatic rings. The molecule has 6 heteroatoms. The lowest BCUT2D eigenvalue weighted by Gasteiger charge is -2.03. The van der Waals surface area contributed by atoms with Crippen LogP contribution < -0.4 is 5.73 Å². The first-order chi connectivity index (χ1) is 6.06. The minimum Gasteiger partial charge on any atom is -0.412 e. The highest BCUT2D eigenvalue weighted by atomic mass is 79.9. The van der Waals surface area contributed by atoms with Gasteiger partial charge in [0.15, 0.2) is 6.29 Å². The van der Waals surface area contributed by atoms with Crippen molar-refractivity contribution in [1.82, 2.24) is 0 Å². The average Bonchev–Trinajstić information content (AvgIpc) is 2.12. The van der Waals surface area contributed by atoms with Crippen LogP contribution in [0.4, 0.5) is 5.69 Å². The van der Waals surface area contributed by atoms with E-state index >= 15 is 0 Å². The molecule has 4 N–H and O–H groups in total. The zero-order valence-corrected chi connectivity index (χ0v) is 10.1. The number of rotatable bonds is 2. The number of nitrogen functional groups attached to an aromatic ring is 1. The van der Waals surface area contributed by atoms with Crippen molar-refractivity contribution in [2.45, 2.75) is 0 Å². The van der Waals surface area contributed by atoms with Crippen molar-refractivity contribution in [2.24, 2.45) is 0 Å². The molecular weight excluding hydrogens is 318 g/mol. The number of anilines is 1. The summed E-state index contributed by atoms with van der Waals surface area (Å²) < 4.78 is 1.18. The second kappa shape index (κ2) is 5.23. The summed E-state index contributed by atoms with van der Waals surface area (Å²) in [7, 11) is 0. The number of Topliss-reactive ketones (excluding diaryl/α,β-unsaturated/α-hetero) is 1. The number of carbonyl (C=O) groups is 2. The summed E-state index contributed by atoms with van der Waals surface area (Å²) in [5, 5.41) is 0. The van der Waals surface area contributed by atoms with Crippen molar-refractivity contribution in [1.29, 1.82) is 0 Å². The van der Waals surface area contributed by atoms with Crippen LogP contribution in [0.2, 0.25) is 0 Å². The maximum absolute atomic E-state index is 11.0. The second-order valence-electron chi connectivity index (χ2n) is 2.34. The van der Waals surface area contributed by atoms with E-state index < -0.39 is 5.78 Å². The first kappa shape index (κ1) is 13.3. The van der Waals surface area contributed by atoms with E-state index in [1.54, 1.807) is 0 Å². The van der Waals surface area contributed by atoms with Gasteiger partial charge >= 0.3 is 0 Å². The van der Waals surface area contributed by atoms with Gasteiger partial charge in [-0.1, -0.05) is 0 Å². The molecule has 1 rings (SSSR count). The van der Waals surface area contributed by atoms with E-state index in [4.69, 9.17) is 5.73 Å². The summed E-state index contributed by atoms with van der Waals surface area (Å²) in [5.41, 5.74) is 6.41. The Morgan fingerprint density at radius 1 is 1.29 bits per heavy atom. The van der Waals surface area contributed by atoms with Gasteiger partial charge in [0.05, 0.1) is 5.69 Å². The first-order valence-electron chi connectivity index (χ1n) is 3.30. The molecule has 0 saturated carbocycles. The Morgan fingerprint density at radius 2 is 1.71 bits per heavy atom. The number of aldehydes is 1. The second-order valence-corrected chi connectivity index (χ2v) is 4.04. The fourth-order valence-electron chi connectivity index (χ4n) is 0.795. The molecule has 0 aliphatic heterocycles. The van der Waals surface area contributed by atoms with Gasteiger partial charge in [-0.3, -0.25) is 9.59 Å². The third-order valence-corrected chi connectivity index (χ3v) is 2.78. The van der Waals surface area contributed by atoms with Gasteiger partial charge in [-0.25, -0.2) is 0 Å². The van der Waals surface area contributed by atoms with Crippen molar-refractivity contribution >= 4 is 49.6 Å². The van der Waals surface area contributed by atoms with Crippen molar-refractivity contribution in [3.63, 3.8) is 0 Å². The summed E-state index contributed by atoms with van der Waals surface area (Å²) in [6.07, 6.45) is 0.268. The van der Waals surface area contributed by atoms with Crippen molar-refractivity contribution in [2.75, 3.05) is 5.73 Å². The van der Waals surface area contributed by atoms with Crippen LogP contribution in [0.5, 0.6) is 0 Å². The maximum atomic E-state index is 11.0. The van der Waals surface area contributed by atoms with Crippen LogP contribution in [0.3, 0.4) is 0 Å². The van der Waals surface area contributed by atoms with E-state index in [1.165, 1.54) is 12.1 Å². The van der Waals surface area contributed by atoms with Gasteiger partial charge in [-0.05, 0) is 44.0 Å². The largest absolute Gasteiger partial charge is 0.412 e. The van der Waals surface area contributed by atoms with E-state index in [2.05, 4.69) is 31.9 Å². The normalized spacial score (nSPS) is 9.00. The van der Waals surface area contributed by atoms with Crippen LogP contribution in [0.25, 0.3) is 0 Å². The summed E-state index contributed by atoms with van der Waals surface area (Å²) in [6.45, 7) is 0. The Hall–Kier alpha value is -0.720. The molecule has 0 atom stereocenters. The van der Waals surface area contributed by atoms with E-state index in [9.17, 15) is 9.59 Å². The van der Waals surface area contributed by atoms with Gasteiger partial charge in [-0.2, -0.15) is 0 Å². The molecule has 0 fully saturated rings. The lowest BCUT2D eigenvalue weighted by Crippen LogP contribution is -2.01. The molecule has 0 bridgehead atoms. The predicted octanol–water partition coefficient (Wildman–Crippen LogP) is 1.35. The fourth-order valence-corrected chi connectivity index (χ4v) is 1.98. The summed E-state index contributed by atoms with van der Waals surface area (Å²) >= 11 is 6.34. The third-order valence-electron chi connectivity index (χ3n) is 1.47. The molecule has 0 heterocycles. The van der Waals surface area contributed by atoms with E-state index in [0.717, 1.165) is 0 Å². The first-order valence-corrected chi connectivity index (χ1v) is 4.89. The molecule has 0 radical (unpaired) electrons. The Labute approximate surface area is 97.0 Å². The van der Waals surface area contributed by atoms with Crippen molar-refractivity contribution in [3.05, 3.63) is 26.6 Å². The predicted molar refractivity (Wildman–Crippen MR) is 60.3 cm³/mol. The van der Waals surface area contributed by atoms with Crippen LogP contribution in [0.15, 0.2) is 21.1 Å². The Morgan fingerprint density at radius 3 is 2.07 bits per heavy atom. The van der Waals surface area contributed by atoms with Gasteiger partial charge in [-0.15, -0.1) is 0 Å². The molecule has 1 aromatic carbocycles. The van der Waals surface area contributed by atoms with E-state index in [1.807, 2.05) is 0 Å². The van der Waals surface area contributed by atoms with Crippen molar-refractivity contribution < 1.29 is 15.1 Å². The molecular formula is C8H7Br2NO3. The molecule has 0 aliphatic carbocycles. The number of hydrogen-bond donors (Lipinski definition) is 1. The van der Waals surface area contributed by atoms with Crippen LogP contribution in [-0.4, -0.2) is 17.5 Å². The Bertz CT molecular complexity index is 356. The topological polar surface area (TPSA) is 91.7 Å². The SMILES string of the molecule is Nc1c(Br)cc(C(=O)C=O)cc1Br.O. The van der Waals surface area contributed by atoms with Gasteiger partial charge < -0.3 is 11.2 Å². The highest BCUT2D eigenvalue weighted by Gasteiger charge is 2.09. The zero-order valence-electron chi connectivity index (χ0n) is 6.88. The van der Waals surface area contributed by atoms with Crippen LogP contribution in [0.1, 0.15) is 10.4 Å². The third kappa shape index (κ3) is 2.63. The summed E-state index contributed by atoms with van der Waals surface area (Å²) in [4.78, 5) is 21.2. The zero-order chi connectivity index (χ0) is 10.0. The number of ketones is 1. The van der Waals surface area contributed by atoms with Crippen LogP contribution in [-0.2, 0) is 4.79 Å².